The summed E-state index contributed by atoms with van der Waals surface area (Å²) in [4.78, 5) is 28.0. The first-order valence-electron chi connectivity index (χ1n) is 7.94. The summed E-state index contributed by atoms with van der Waals surface area (Å²) < 4.78 is 1.72. The summed E-state index contributed by atoms with van der Waals surface area (Å²) in [5.41, 5.74) is 1.47. The molecule has 2 rings (SSSR count). The monoisotopic (exact) mass is 322 g/mol. The highest BCUT2D eigenvalue weighted by atomic mass is 16.4. The molecule has 1 aromatic rings. The normalized spacial score (nSPS) is 16.5. The third-order valence-corrected chi connectivity index (χ3v) is 4.38. The summed E-state index contributed by atoms with van der Waals surface area (Å²) in [5, 5.41) is 12.2. The topological polar surface area (TPSA) is 77.8 Å². The number of carboxylic acids is 1. The fourth-order valence-corrected chi connectivity index (χ4v) is 2.98. The number of hydrogen-bond donors (Lipinski definition) is 2. The lowest BCUT2D eigenvalue weighted by atomic mass is 10.1. The molecule has 2 N–H and O–H groups in total. The maximum absolute atomic E-state index is 12.1. The Labute approximate surface area is 136 Å². The third kappa shape index (κ3) is 4.56. The highest BCUT2D eigenvalue weighted by Crippen LogP contribution is 2.16. The maximum Gasteiger partial charge on any atom is 0.337 e. The maximum atomic E-state index is 12.1. The number of piperazine rings is 1. The minimum absolute atomic E-state index is 0.0920. The van der Waals surface area contributed by atoms with E-state index < -0.39 is 5.97 Å². The summed E-state index contributed by atoms with van der Waals surface area (Å²) in [6.45, 7) is 7.32. The van der Waals surface area contributed by atoms with Gasteiger partial charge in [-0.1, -0.05) is 0 Å². The number of carbonyl (C=O) groups excluding carboxylic acids is 1. The minimum atomic E-state index is -0.983. The van der Waals surface area contributed by atoms with Crippen molar-refractivity contribution in [3.63, 3.8) is 0 Å². The number of carboxylic acid groups (broad SMARTS) is 1. The number of amides is 1. The Balaban J connectivity index is 1.82. The fourth-order valence-electron chi connectivity index (χ4n) is 2.98. The van der Waals surface area contributed by atoms with Crippen LogP contribution in [0.3, 0.4) is 0 Å². The van der Waals surface area contributed by atoms with Crippen molar-refractivity contribution >= 4 is 11.9 Å². The molecule has 0 bridgehead atoms. The SMILES string of the molecule is Cc1cn(C)c(CC(=O)NCCN2CCN(C)CC2)c1C(=O)O. The summed E-state index contributed by atoms with van der Waals surface area (Å²) >= 11 is 0. The van der Waals surface area contributed by atoms with E-state index in [2.05, 4.69) is 22.2 Å². The number of carbonyl (C=O) groups is 2. The van der Waals surface area contributed by atoms with E-state index in [1.165, 1.54) is 0 Å². The molecule has 0 saturated carbocycles. The summed E-state index contributed by atoms with van der Waals surface area (Å²) in [5.74, 6) is -1.12. The second-order valence-electron chi connectivity index (χ2n) is 6.22. The van der Waals surface area contributed by atoms with Gasteiger partial charge in [-0.25, -0.2) is 4.79 Å². The number of aryl methyl sites for hydroxylation is 2. The first-order valence-corrected chi connectivity index (χ1v) is 7.94. The van der Waals surface area contributed by atoms with Crippen LogP contribution in [0, 0.1) is 6.92 Å². The van der Waals surface area contributed by atoms with Crippen molar-refractivity contribution in [2.24, 2.45) is 7.05 Å². The van der Waals surface area contributed by atoms with Crippen LogP contribution in [0.1, 0.15) is 21.6 Å². The first kappa shape index (κ1) is 17.5. The Kier molecular flexibility index (Phi) is 5.79. The van der Waals surface area contributed by atoms with Gasteiger partial charge in [0.25, 0.3) is 0 Å². The van der Waals surface area contributed by atoms with Crippen molar-refractivity contribution in [1.29, 1.82) is 0 Å². The molecule has 1 saturated heterocycles. The van der Waals surface area contributed by atoms with Crippen LogP contribution in [0.2, 0.25) is 0 Å². The highest BCUT2D eigenvalue weighted by Gasteiger charge is 2.20. The quantitative estimate of drug-likeness (QED) is 0.767. The molecule has 0 aromatic carbocycles. The number of rotatable bonds is 6. The van der Waals surface area contributed by atoms with Crippen molar-refractivity contribution in [3.05, 3.63) is 23.0 Å². The molecule has 0 atom stereocenters. The molecule has 0 radical (unpaired) electrons. The second-order valence-corrected chi connectivity index (χ2v) is 6.22. The van der Waals surface area contributed by atoms with E-state index >= 15 is 0 Å². The largest absolute Gasteiger partial charge is 0.478 e. The van der Waals surface area contributed by atoms with Crippen LogP contribution in [-0.4, -0.2) is 77.7 Å². The Morgan fingerprint density at radius 2 is 1.87 bits per heavy atom. The van der Waals surface area contributed by atoms with Crippen LogP contribution in [0.5, 0.6) is 0 Å². The Morgan fingerprint density at radius 1 is 1.22 bits per heavy atom. The standard InChI is InChI=1S/C16H26N4O3/c1-12-11-19(3)13(15(12)16(22)23)10-14(21)17-4-5-20-8-6-18(2)7-9-20/h11H,4-10H2,1-3H3,(H,17,21)(H,22,23). The molecule has 1 aliphatic rings. The minimum Gasteiger partial charge on any atom is -0.478 e. The van der Waals surface area contributed by atoms with Crippen LogP contribution in [0.15, 0.2) is 6.20 Å². The molecule has 0 spiro atoms. The van der Waals surface area contributed by atoms with Gasteiger partial charge in [0.1, 0.15) is 0 Å². The van der Waals surface area contributed by atoms with Gasteiger partial charge in [-0.15, -0.1) is 0 Å². The van der Waals surface area contributed by atoms with Crippen molar-refractivity contribution in [3.8, 4) is 0 Å². The van der Waals surface area contributed by atoms with Gasteiger partial charge < -0.3 is 19.9 Å². The van der Waals surface area contributed by atoms with Gasteiger partial charge in [0.05, 0.1) is 12.0 Å². The predicted molar refractivity (Wildman–Crippen MR) is 87.8 cm³/mol. The summed E-state index contributed by atoms with van der Waals surface area (Å²) in [6.07, 6.45) is 1.84. The van der Waals surface area contributed by atoms with Crippen LogP contribution < -0.4 is 5.32 Å². The fraction of sp³-hybridized carbons (Fsp3) is 0.625. The third-order valence-electron chi connectivity index (χ3n) is 4.38. The van der Waals surface area contributed by atoms with Gasteiger partial charge in [0.15, 0.2) is 0 Å². The van der Waals surface area contributed by atoms with Gasteiger partial charge in [0, 0.05) is 58.2 Å². The van der Waals surface area contributed by atoms with Crippen LogP contribution >= 0.6 is 0 Å². The molecule has 2 heterocycles. The molecule has 7 nitrogen and oxygen atoms in total. The Bertz CT molecular complexity index is 574. The molecule has 7 heteroatoms. The van der Waals surface area contributed by atoms with E-state index in [9.17, 15) is 14.7 Å². The average molecular weight is 322 g/mol. The molecule has 128 valence electrons. The van der Waals surface area contributed by atoms with Gasteiger partial charge >= 0.3 is 5.97 Å². The molecular formula is C16H26N4O3. The molecule has 1 fully saturated rings. The number of aromatic nitrogens is 1. The van der Waals surface area contributed by atoms with Crippen molar-refractivity contribution < 1.29 is 14.7 Å². The zero-order chi connectivity index (χ0) is 17.0. The molecule has 0 aliphatic carbocycles. The van der Waals surface area contributed by atoms with Crippen LogP contribution in [0.25, 0.3) is 0 Å². The lowest BCUT2D eigenvalue weighted by Gasteiger charge is -2.32. The molecule has 0 unspecified atom stereocenters. The van der Waals surface area contributed by atoms with Crippen molar-refractivity contribution in [1.82, 2.24) is 19.7 Å². The van der Waals surface area contributed by atoms with Gasteiger partial charge in [-0.05, 0) is 19.5 Å². The molecule has 1 amide bonds. The average Bonchev–Trinajstić information content (AvgIpc) is 2.75. The van der Waals surface area contributed by atoms with Crippen molar-refractivity contribution in [2.45, 2.75) is 13.3 Å². The highest BCUT2D eigenvalue weighted by molar-refractivity contribution is 5.93. The van der Waals surface area contributed by atoms with Gasteiger partial charge in [0.2, 0.25) is 5.91 Å². The van der Waals surface area contributed by atoms with E-state index in [-0.39, 0.29) is 17.9 Å². The Hall–Kier alpha value is -1.86. The van der Waals surface area contributed by atoms with Gasteiger partial charge in [-0.3, -0.25) is 9.69 Å². The molecule has 1 aliphatic heterocycles. The summed E-state index contributed by atoms with van der Waals surface area (Å²) in [7, 11) is 3.88. The van der Waals surface area contributed by atoms with E-state index in [1.807, 2.05) is 0 Å². The smallest absolute Gasteiger partial charge is 0.337 e. The van der Waals surface area contributed by atoms with Crippen molar-refractivity contribution in [2.75, 3.05) is 46.3 Å². The number of hydrogen-bond acceptors (Lipinski definition) is 4. The zero-order valence-corrected chi connectivity index (χ0v) is 14.1. The molecular weight excluding hydrogens is 296 g/mol. The number of nitrogens with one attached hydrogen (secondary N) is 1. The number of aromatic carboxylic acids is 1. The molecule has 1 aromatic heterocycles. The van der Waals surface area contributed by atoms with E-state index in [0.29, 0.717) is 17.8 Å². The number of nitrogens with zero attached hydrogens (tertiary/aromatic N) is 3. The van der Waals surface area contributed by atoms with E-state index in [1.54, 1.807) is 24.7 Å². The zero-order valence-electron chi connectivity index (χ0n) is 14.1. The second kappa shape index (κ2) is 7.61. The Morgan fingerprint density at radius 3 is 2.48 bits per heavy atom. The van der Waals surface area contributed by atoms with E-state index in [4.69, 9.17) is 0 Å². The first-order chi connectivity index (χ1) is 10.9. The lowest BCUT2D eigenvalue weighted by molar-refractivity contribution is -0.120. The molecule has 23 heavy (non-hydrogen) atoms. The van der Waals surface area contributed by atoms with Gasteiger partial charge in [-0.2, -0.15) is 0 Å². The van der Waals surface area contributed by atoms with E-state index in [0.717, 1.165) is 32.7 Å². The van der Waals surface area contributed by atoms with Crippen LogP contribution in [-0.2, 0) is 18.3 Å². The predicted octanol–water partition coefficient (Wildman–Crippen LogP) is -0.0622. The number of likely N-dealkylation sites (N-methyl/N-ethyl adjacent to an activating group) is 1. The van der Waals surface area contributed by atoms with Crippen LogP contribution in [0.4, 0.5) is 0 Å². The lowest BCUT2D eigenvalue weighted by Crippen LogP contribution is -2.47. The summed E-state index contributed by atoms with van der Waals surface area (Å²) in [6, 6.07) is 0.